The summed E-state index contributed by atoms with van der Waals surface area (Å²) < 4.78 is 1.99. The Labute approximate surface area is 112 Å². The van der Waals surface area contributed by atoms with Crippen molar-refractivity contribution >= 4 is 16.9 Å². The van der Waals surface area contributed by atoms with E-state index in [2.05, 4.69) is 10.3 Å². The van der Waals surface area contributed by atoms with Crippen molar-refractivity contribution in [2.24, 2.45) is 7.05 Å². The normalized spacial score (nSPS) is 12.6. The van der Waals surface area contributed by atoms with Gasteiger partial charge in [-0.1, -0.05) is 0 Å². The Bertz CT molecular complexity index is 604. The van der Waals surface area contributed by atoms with Crippen LogP contribution in [0.4, 0.5) is 0 Å². The molecule has 0 saturated carbocycles. The lowest BCUT2D eigenvalue weighted by molar-refractivity contribution is 0.0934. The van der Waals surface area contributed by atoms with E-state index in [-0.39, 0.29) is 18.6 Å². The lowest BCUT2D eigenvalue weighted by Gasteiger charge is -2.12. The number of aliphatic hydroxyl groups is 1. The minimum Gasteiger partial charge on any atom is -0.396 e. The van der Waals surface area contributed by atoms with Crippen molar-refractivity contribution in [3.63, 3.8) is 0 Å². The molecule has 0 radical (unpaired) electrons. The van der Waals surface area contributed by atoms with Gasteiger partial charge in [-0.2, -0.15) is 0 Å². The third kappa shape index (κ3) is 2.76. The number of carbonyl (C=O) groups excluding carboxylic acids is 1. The van der Waals surface area contributed by atoms with Gasteiger partial charge in [0.05, 0.1) is 11.0 Å². The van der Waals surface area contributed by atoms with Gasteiger partial charge in [0, 0.05) is 25.3 Å². The summed E-state index contributed by atoms with van der Waals surface area (Å²) in [6.07, 6.45) is 0.552. The first-order valence-electron chi connectivity index (χ1n) is 6.37. The molecule has 1 atom stereocenters. The van der Waals surface area contributed by atoms with E-state index in [9.17, 15) is 4.79 Å². The van der Waals surface area contributed by atoms with Crippen LogP contribution in [0.1, 0.15) is 29.5 Å². The van der Waals surface area contributed by atoms with Crippen LogP contribution in [-0.2, 0) is 7.05 Å². The summed E-state index contributed by atoms with van der Waals surface area (Å²) in [5, 5.41) is 11.7. The number of rotatable bonds is 4. The number of nitrogens with zero attached hydrogens (tertiary/aromatic N) is 2. The first-order chi connectivity index (χ1) is 9.02. The fourth-order valence-corrected chi connectivity index (χ4v) is 2.03. The maximum Gasteiger partial charge on any atom is 0.251 e. The zero-order valence-corrected chi connectivity index (χ0v) is 11.5. The molecule has 0 aliphatic rings. The Morgan fingerprint density at radius 2 is 2.26 bits per heavy atom. The van der Waals surface area contributed by atoms with Crippen LogP contribution in [0.15, 0.2) is 18.2 Å². The smallest absolute Gasteiger partial charge is 0.251 e. The van der Waals surface area contributed by atoms with Crippen LogP contribution >= 0.6 is 0 Å². The van der Waals surface area contributed by atoms with Crippen LogP contribution in [0.5, 0.6) is 0 Å². The predicted octanol–water partition coefficient (Wildman–Crippen LogP) is 1.38. The predicted molar refractivity (Wildman–Crippen MR) is 74.1 cm³/mol. The van der Waals surface area contributed by atoms with Crippen LogP contribution in [0.3, 0.4) is 0 Å². The molecule has 102 valence electrons. The van der Waals surface area contributed by atoms with Gasteiger partial charge in [-0.3, -0.25) is 4.79 Å². The molecule has 2 aromatic rings. The van der Waals surface area contributed by atoms with Crippen molar-refractivity contribution in [3.05, 3.63) is 29.6 Å². The molecule has 0 saturated heterocycles. The van der Waals surface area contributed by atoms with Crippen LogP contribution in [0.25, 0.3) is 11.0 Å². The molecule has 0 aliphatic heterocycles. The number of hydrogen-bond acceptors (Lipinski definition) is 3. The SMILES string of the molecule is Cc1nc2cc(C(=O)NC(C)CCO)ccc2n1C. The average Bonchev–Trinajstić information content (AvgIpc) is 2.65. The summed E-state index contributed by atoms with van der Waals surface area (Å²) in [6, 6.07) is 5.45. The van der Waals surface area contributed by atoms with Crippen molar-refractivity contribution in [2.75, 3.05) is 6.61 Å². The zero-order valence-electron chi connectivity index (χ0n) is 11.5. The van der Waals surface area contributed by atoms with Gasteiger partial charge in [0.1, 0.15) is 5.82 Å². The second kappa shape index (κ2) is 5.40. The number of amides is 1. The summed E-state index contributed by atoms with van der Waals surface area (Å²) in [5.74, 6) is 0.785. The number of carbonyl (C=O) groups is 1. The van der Waals surface area contributed by atoms with Crippen LogP contribution in [-0.4, -0.2) is 33.2 Å². The van der Waals surface area contributed by atoms with E-state index in [4.69, 9.17) is 5.11 Å². The molecule has 1 amide bonds. The van der Waals surface area contributed by atoms with Crippen LogP contribution in [0, 0.1) is 6.92 Å². The van der Waals surface area contributed by atoms with Crippen molar-refractivity contribution in [1.82, 2.24) is 14.9 Å². The molecular weight excluding hydrogens is 242 g/mol. The molecule has 1 aromatic carbocycles. The van der Waals surface area contributed by atoms with Crippen molar-refractivity contribution in [3.8, 4) is 0 Å². The molecule has 2 rings (SSSR count). The highest BCUT2D eigenvalue weighted by atomic mass is 16.3. The molecule has 1 unspecified atom stereocenters. The molecule has 5 nitrogen and oxygen atoms in total. The Kier molecular flexibility index (Phi) is 3.85. The standard InChI is InChI=1S/C14H19N3O2/c1-9(6-7-18)15-14(19)11-4-5-13-12(8-11)16-10(2)17(13)3/h4-5,8-9,18H,6-7H2,1-3H3,(H,15,19). The number of nitrogens with one attached hydrogen (secondary N) is 1. The van der Waals surface area contributed by atoms with Crippen molar-refractivity contribution in [2.45, 2.75) is 26.3 Å². The molecule has 1 heterocycles. The molecule has 5 heteroatoms. The molecule has 0 bridgehead atoms. The van der Waals surface area contributed by atoms with Crippen LogP contribution < -0.4 is 5.32 Å². The van der Waals surface area contributed by atoms with Gasteiger partial charge < -0.3 is 15.0 Å². The zero-order chi connectivity index (χ0) is 14.0. The van der Waals surface area contributed by atoms with E-state index < -0.39 is 0 Å². The van der Waals surface area contributed by atoms with Crippen LogP contribution in [0.2, 0.25) is 0 Å². The highest BCUT2D eigenvalue weighted by Crippen LogP contribution is 2.16. The molecule has 0 aliphatic carbocycles. The summed E-state index contributed by atoms with van der Waals surface area (Å²) in [7, 11) is 1.95. The number of benzene rings is 1. The molecule has 2 N–H and O–H groups in total. The van der Waals surface area contributed by atoms with E-state index in [1.54, 1.807) is 12.1 Å². The molecule has 1 aromatic heterocycles. The molecule has 0 spiro atoms. The third-order valence-electron chi connectivity index (χ3n) is 3.31. The van der Waals surface area contributed by atoms with E-state index >= 15 is 0 Å². The monoisotopic (exact) mass is 261 g/mol. The van der Waals surface area contributed by atoms with E-state index in [0.717, 1.165) is 16.9 Å². The number of fused-ring (bicyclic) bond motifs is 1. The first kappa shape index (κ1) is 13.5. The second-order valence-corrected chi connectivity index (χ2v) is 4.81. The number of imidazole rings is 1. The number of hydrogen-bond donors (Lipinski definition) is 2. The lowest BCUT2D eigenvalue weighted by Crippen LogP contribution is -2.33. The fourth-order valence-electron chi connectivity index (χ4n) is 2.03. The lowest BCUT2D eigenvalue weighted by atomic mass is 10.1. The second-order valence-electron chi connectivity index (χ2n) is 4.81. The quantitative estimate of drug-likeness (QED) is 0.873. The summed E-state index contributed by atoms with van der Waals surface area (Å²) >= 11 is 0. The molecular formula is C14H19N3O2. The van der Waals surface area contributed by atoms with Gasteiger partial charge in [-0.25, -0.2) is 4.98 Å². The number of aliphatic hydroxyl groups excluding tert-OH is 1. The Morgan fingerprint density at radius 1 is 1.53 bits per heavy atom. The molecule has 0 fully saturated rings. The maximum atomic E-state index is 12.0. The van der Waals surface area contributed by atoms with Gasteiger partial charge in [0.25, 0.3) is 5.91 Å². The Hall–Kier alpha value is -1.88. The van der Waals surface area contributed by atoms with E-state index in [0.29, 0.717) is 12.0 Å². The van der Waals surface area contributed by atoms with E-state index in [1.165, 1.54) is 0 Å². The van der Waals surface area contributed by atoms with Gasteiger partial charge in [0.15, 0.2) is 0 Å². The number of aromatic nitrogens is 2. The Morgan fingerprint density at radius 3 is 2.95 bits per heavy atom. The fraction of sp³-hybridized carbons (Fsp3) is 0.429. The van der Waals surface area contributed by atoms with Gasteiger partial charge >= 0.3 is 0 Å². The van der Waals surface area contributed by atoms with Crippen molar-refractivity contribution in [1.29, 1.82) is 0 Å². The van der Waals surface area contributed by atoms with Gasteiger partial charge in [-0.15, -0.1) is 0 Å². The number of aryl methyl sites for hydroxylation is 2. The largest absolute Gasteiger partial charge is 0.396 e. The summed E-state index contributed by atoms with van der Waals surface area (Å²) in [5.41, 5.74) is 2.43. The van der Waals surface area contributed by atoms with E-state index in [1.807, 2.05) is 31.5 Å². The third-order valence-corrected chi connectivity index (χ3v) is 3.31. The van der Waals surface area contributed by atoms with Gasteiger partial charge in [-0.05, 0) is 38.5 Å². The minimum absolute atomic E-state index is 0.0429. The molecule has 19 heavy (non-hydrogen) atoms. The average molecular weight is 261 g/mol. The summed E-state index contributed by atoms with van der Waals surface area (Å²) in [4.78, 5) is 16.5. The minimum atomic E-state index is -0.133. The topological polar surface area (TPSA) is 67.2 Å². The highest BCUT2D eigenvalue weighted by Gasteiger charge is 2.12. The van der Waals surface area contributed by atoms with Crippen molar-refractivity contribution < 1.29 is 9.90 Å². The maximum absolute atomic E-state index is 12.0. The summed E-state index contributed by atoms with van der Waals surface area (Å²) in [6.45, 7) is 3.88. The first-order valence-corrected chi connectivity index (χ1v) is 6.37. The van der Waals surface area contributed by atoms with Gasteiger partial charge in [0.2, 0.25) is 0 Å². The Balaban J connectivity index is 2.23. The highest BCUT2D eigenvalue weighted by molar-refractivity contribution is 5.97.